The minimum absolute atomic E-state index is 0.0383. The number of nitrogens with zero attached hydrogens (tertiary/aromatic N) is 5. The number of halogens is 2. The van der Waals surface area contributed by atoms with Crippen molar-refractivity contribution in [2.45, 2.75) is 30.6 Å². The second-order valence-corrected chi connectivity index (χ2v) is 11.1. The monoisotopic (exact) mass is 527 g/mol. The van der Waals surface area contributed by atoms with Gasteiger partial charge in [-0.3, -0.25) is 4.79 Å². The number of carbonyl (C=O) groups excluding carboxylic acids is 1. The average molecular weight is 528 g/mol. The van der Waals surface area contributed by atoms with Crippen molar-refractivity contribution in [3.8, 4) is 0 Å². The SMILES string of the molecule is Cc1nc(N2CCN(S(=O)(=O)c3ccc(N4CCCC4=O)cc3)CC2)cc(C(F)(F)c2ccccc2)n1. The standard InChI is InChI=1S/C26H27F2N5O3S/c1-19-29-23(26(27,28)20-6-3-2-4-7-20)18-24(30-19)31-14-16-32(17-15-31)37(35,36)22-11-9-21(10-12-22)33-13-5-8-25(33)34/h2-4,6-7,9-12,18H,5,8,13-17H2,1H3. The fourth-order valence-corrected chi connectivity index (χ4v) is 6.12. The molecule has 2 aromatic carbocycles. The van der Waals surface area contributed by atoms with E-state index in [2.05, 4.69) is 9.97 Å². The fraction of sp³-hybridized carbons (Fsp3) is 0.346. The molecule has 0 saturated carbocycles. The maximum Gasteiger partial charge on any atom is 0.315 e. The lowest BCUT2D eigenvalue weighted by Gasteiger charge is -2.35. The van der Waals surface area contributed by atoms with Crippen molar-refractivity contribution in [1.82, 2.24) is 14.3 Å². The van der Waals surface area contributed by atoms with Gasteiger partial charge in [-0.2, -0.15) is 13.1 Å². The van der Waals surface area contributed by atoms with Crippen molar-refractivity contribution < 1.29 is 22.0 Å². The van der Waals surface area contributed by atoms with Gasteiger partial charge in [-0.15, -0.1) is 0 Å². The number of sulfonamides is 1. The molecule has 0 bridgehead atoms. The third kappa shape index (κ3) is 4.93. The van der Waals surface area contributed by atoms with E-state index in [1.807, 2.05) is 0 Å². The Bertz CT molecular complexity index is 1390. The van der Waals surface area contributed by atoms with Crippen LogP contribution in [0.15, 0.2) is 65.6 Å². The summed E-state index contributed by atoms with van der Waals surface area (Å²) in [7, 11) is -3.75. The number of aromatic nitrogens is 2. The van der Waals surface area contributed by atoms with Gasteiger partial charge in [0.15, 0.2) is 0 Å². The molecule has 3 aromatic rings. The number of aryl methyl sites for hydroxylation is 1. The van der Waals surface area contributed by atoms with Crippen LogP contribution in [0.25, 0.3) is 0 Å². The summed E-state index contributed by atoms with van der Waals surface area (Å²) in [4.78, 5) is 23.9. The van der Waals surface area contributed by atoms with Crippen LogP contribution in [0.1, 0.15) is 29.9 Å². The Hall–Kier alpha value is -3.44. The normalized spacial score (nSPS) is 17.4. The highest BCUT2D eigenvalue weighted by Crippen LogP contribution is 2.35. The molecule has 0 aliphatic carbocycles. The number of rotatable bonds is 6. The van der Waals surface area contributed by atoms with Crippen LogP contribution >= 0.6 is 0 Å². The molecule has 1 amide bonds. The van der Waals surface area contributed by atoms with Crippen LogP contribution in [0.5, 0.6) is 0 Å². The van der Waals surface area contributed by atoms with Crippen molar-refractivity contribution in [2.24, 2.45) is 0 Å². The van der Waals surface area contributed by atoms with Crippen molar-refractivity contribution in [3.63, 3.8) is 0 Å². The molecule has 0 atom stereocenters. The maximum atomic E-state index is 15.2. The first-order valence-electron chi connectivity index (χ1n) is 12.1. The smallest absolute Gasteiger partial charge is 0.315 e. The lowest BCUT2D eigenvalue weighted by Crippen LogP contribution is -2.49. The molecule has 8 nitrogen and oxygen atoms in total. The van der Waals surface area contributed by atoms with Crippen LogP contribution in [0.3, 0.4) is 0 Å². The molecule has 37 heavy (non-hydrogen) atoms. The van der Waals surface area contributed by atoms with Gasteiger partial charge < -0.3 is 9.80 Å². The first-order valence-corrected chi connectivity index (χ1v) is 13.6. The Morgan fingerprint density at radius 2 is 1.57 bits per heavy atom. The Kier molecular flexibility index (Phi) is 6.67. The van der Waals surface area contributed by atoms with Crippen LogP contribution in [0.2, 0.25) is 0 Å². The summed E-state index contributed by atoms with van der Waals surface area (Å²) in [5.74, 6) is -2.69. The lowest BCUT2D eigenvalue weighted by molar-refractivity contribution is -0.117. The molecular formula is C26H27F2N5O3S. The van der Waals surface area contributed by atoms with Gasteiger partial charge in [0.2, 0.25) is 15.9 Å². The summed E-state index contributed by atoms with van der Waals surface area (Å²) >= 11 is 0. The topological polar surface area (TPSA) is 86.7 Å². The highest BCUT2D eigenvalue weighted by molar-refractivity contribution is 7.89. The Morgan fingerprint density at radius 1 is 0.892 bits per heavy atom. The van der Waals surface area contributed by atoms with Crippen LogP contribution in [-0.2, 0) is 20.7 Å². The Labute approximate surface area is 214 Å². The van der Waals surface area contributed by atoms with E-state index < -0.39 is 21.6 Å². The van der Waals surface area contributed by atoms with Crippen molar-refractivity contribution >= 4 is 27.4 Å². The number of benzene rings is 2. The van der Waals surface area contributed by atoms with E-state index in [1.165, 1.54) is 34.6 Å². The highest BCUT2D eigenvalue weighted by atomic mass is 32.2. The molecule has 0 radical (unpaired) electrons. The maximum absolute atomic E-state index is 15.2. The molecule has 0 spiro atoms. The van der Waals surface area contributed by atoms with Crippen molar-refractivity contribution in [2.75, 3.05) is 42.5 Å². The fourth-order valence-electron chi connectivity index (χ4n) is 4.70. The zero-order valence-corrected chi connectivity index (χ0v) is 21.2. The number of hydrogen-bond acceptors (Lipinski definition) is 6. The number of carbonyl (C=O) groups is 1. The van der Waals surface area contributed by atoms with Crippen molar-refractivity contribution in [3.05, 3.63) is 77.7 Å². The number of hydrogen-bond donors (Lipinski definition) is 0. The van der Waals surface area contributed by atoms with Crippen LogP contribution in [0.4, 0.5) is 20.3 Å². The van der Waals surface area contributed by atoms with Crippen LogP contribution in [-0.4, -0.2) is 61.3 Å². The predicted octanol–water partition coefficient (Wildman–Crippen LogP) is 3.56. The van der Waals surface area contributed by atoms with Gasteiger partial charge in [-0.1, -0.05) is 30.3 Å². The zero-order chi connectivity index (χ0) is 26.2. The first-order chi connectivity index (χ1) is 17.7. The van der Waals surface area contributed by atoms with Crippen LogP contribution < -0.4 is 9.80 Å². The second kappa shape index (κ2) is 9.79. The molecule has 1 aromatic heterocycles. The van der Waals surface area contributed by atoms with E-state index in [0.29, 0.717) is 37.6 Å². The largest absolute Gasteiger partial charge is 0.354 e. The molecule has 2 fully saturated rings. The summed E-state index contributed by atoms with van der Waals surface area (Å²) < 4.78 is 58.1. The summed E-state index contributed by atoms with van der Waals surface area (Å²) in [5, 5.41) is 0. The van der Waals surface area contributed by atoms with E-state index in [9.17, 15) is 13.2 Å². The van der Waals surface area contributed by atoms with Gasteiger partial charge in [0.25, 0.3) is 0 Å². The quantitative estimate of drug-likeness (QED) is 0.487. The van der Waals surface area contributed by atoms with Crippen LogP contribution in [0, 0.1) is 6.92 Å². The Morgan fingerprint density at radius 3 is 2.19 bits per heavy atom. The number of piperazine rings is 1. The molecular weight excluding hydrogens is 500 g/mol. The number of anilines is 2. The summed E-state index contributed by atoms with van der Waals surface area (Å²) in [6.07, 6.45) is 1.29. The highest BCUT2D eigenvalue weighted by Gasteiger charge is 2.37. The van der Waals surface area contributed by atoms with Gasteiger partial charge in [-0.25, -0.2) is 18.4 Å². The van der Waals surface area contributed by atoms with E-state index >= 15 is 8.78 Å². The number of amides is 1. The third-order valence-electron chi connectivity index (χ3n) is 6.70. The zero-order valence-electron chi connectivity index (χ0n) is 20.3. The Balaban J connectivity index is 1.30. The molecule has 3 heterocycles. The molecule has 2 aliphatic rings. The molecule has 0 unspecified atom stereocenters. The predicted molar refractivity (Wildman–Crippen MR) is 135 cm³/mol. The van der Waals surface area contributed by atoms with Crippen molar-refractivity contribution in [1.29, 1.82) is 0 Å². The second-order valence-electron chi connectivity index (χ2n) is 9.13. The van der Waals surface area contributed by atoms with E-state index in [4.69, 9.17) is 0 Å². The van der Waals surface area contributed by atoms with E-state index in [1.54, 1.807) is 47.1 Å². The average Bonchev–Trinajstić information content (AvgIpc) is 3.34. The lowest BCUT2D eigenvalue weighted by atomic mass is 10.1. The minimum atomic E-state index is -3.75. The number of alkyl halides is 2. The summed E-state index contributed by atoms with van der Waals surface area (Å²) in [5.41, 5.74) is 0.136. The molecule has 2 aliphatic heterocycles. The minimum Gasteiger partial charge on any atom is -0.354 e. The van der Waals surface area contributed by atoms with E-state index in [-0.39, 0.29) is 35.3 Å². The van der Waals surface area contributed by atoms with Gasteiger partial charge in [0.1, 0.15) is 17.3 Å². The van der Waals surface area contributed by atoms with Gasteiger partial charge in [-0.05, 0) is 37.6 Å². The summed E-state index contributed by atoms with van der Waals surface area (Å²) in [6.45, 7) is 3.16. The first kappa shape index (κ1) is 25.2. The van der Waals surface area contributed by atoms with E-state index in [0.717, 1.165) is 6.42 Å². The molecule has 2 saturated heterocycles. The molecule has 0 N–H and O–H groups in total. The molecule has 194 valence electrons. The van der Waals surface area contributed by atoms with Gasteiger partial charge in [0, 0.05) is 56.5 Å². The van der Waals surface area contributed by atoms with Gasteiger partial charge >= 0.3 is 5.92 Å². The molecule has 5 rings (SSSR count). The third-order valence-corrected chi connectivity index (χ3v) is 8.62. The van der Waals surface area contributed by atoms with Gasteiger partial charge in [0.05, 0.1) is 4.90 Å². The molecule has 11 heteroatoms. The summed E-state index contributed by atoms with van der Waals surface area (Å²) in [6, 6.07) is 15.1.